The van der Waals surface area contributed by atoms with E-state index in [-0.39, 0.29) is 24.2 Å². The van der Waals surface area contributed by atoms with E-state index in [2.05, 4.69) is 20.8 Å². The van der Waals surface area contributed by atoms with E-state index in [1.165, 1.54) is 12.1 Å². The minimum absolute atomic E-state index is 0.119. The quantitative estimate of drug-likeness (QED) is 0.573. The van der Waals surface area contributed by atoms with Crippen LogP contribution in [-0.2, 0) is 13.0 Å². The number of piperazine rings is 1. The number of carbonyl (C=O) groups excluding carboxylic acids is 1. The molecule has 7 nitrogen and oxygen atoms in total. The highest BCUT2D eigenvalue weighted by Crippen LogP contribution is 2.29. The Labute approximate surface area is 195 Å². The fourth-order valence-electron chi connectivity index (χ4n) is 4.80. The number of carbonyl (C=O) groups is 1. The van der Waals surface area contributed by atoms with Crippen LogP contribution in [0.25, 0.3) is 11.0 Å². The number of nitrogens with zero attached hydrogens (tertiary/aromatic N) is 4. The van der Waals surface area contributed by atoms with E-state index in [0.717, 1.165) is 12.8 Å². The summed E-state index contributed by atoms with van der Waals surface area (Å²) in [5.41, 5.74) is 1.25. The van der Waals surface area contributed by atoms with Crippen LogP contribution in [0, 0.1) is 11.6 Å². The first-order valence-electron chi connectivity index (χ1n) is 11.2. The molecule has 3 aromatic rings. The lowest BCUT2D eigenvalue weighted by atomic mass is 10.1. The average Bonchev–Trinajstić information content (AvgIpc) is 3.32. The number of aromatic nitrogens is 3. The van der Waals surface area contributed by atoms with Gasteiger partial charge < -0.3 is 20.1 Å². The molecule has 2 aliphatic rings. The Balaban J connectivity index is 1.23. The summed E-state index contributed by atoms with van der Waals surface area (Å²) < 4.78 is 31.4. The Bertz CT molecular complexity index is 1200. The zero-order chi connectivity index (χ0) is 23.1. The number of aryl methyl sites for hydroxylation is 1. The molecule has 1 aromatic carbocycles. The lowest BCUT2D eigenvalue weighted by molar-refractivity contribution is 0.0948. The third-order valence-electron chi connectivity index (χ3n) is 6.50. The summed E-state index contributed by atoms with van der Waals surface area (Å²) in [5.74, 6) is -1.36. The maximum absolute atomic E-state index is 14.8. The van der Waals surface area contributed by atoms with Gasteiger partial charge in [0.25, 0.3) is 5.91 Å². The maximum Gasteiger partial charge on any atom is 0.271 e. The van der Waals surface area contributed by atoms with Crippen LogP contribution >= 0.6 is 11.6 Å². The molecule has 5 rings (SSSR count). The highest BCUT2D eigenvalue weighted by molar-refractivity contribution is 6.35. The molecule has 2 atom stereocenters. The van der Waals surface area contributed by atoms with Gasteiger partial charge in [-0.2, -0.15) is 0 Å². The van der Waals surface area contributed by atoms with Crippen molar-refractivity contribution in [2.45, 2.75) is 44.8 Å². The van der Waals surface area contributed by atoms with Gasteiger partial charge in [0.2, 0.25) is 0 Å². The molecular weight excluding hydrogens is 450 g/mol. The molecule has 4 heterocycles. The van der Waals surface area contributed by atoms with Gasteiger partial charge in [0.1, 0.15) is 11.6 Å². The van der Waals surface area contributed by atoms with Crippen molar-refractivity contribution in [2.24, 2.45) is 0 Å². The van der Waals surface area contributed by atoms with Crippen molar-refractivity contribution in [1.29, 1.82) is 0 Å². The minimum atomic E-state index is -0.472. The van der Waals surface area contributed by atoms with Crippen molar-refractivity contribution in [3.63, 3.8) is 0 Å². The van der Waals surface area contributed by atoms with Gasteiger partial charge in [-0.15, -0.1) is 10.2 Å². The van der Waals surface area contributed by atoms with Gasteiger partial charge in [-0.05, 0) is 43.9 Å². The van der Waals surface area contributed by atoms with Gasteiger partial charge >= 0.3 is 0 Å². The Morgan fingerprint density at radius 3 is 2.67 bits per heavy atom. The molecule has 10 heteroatoms. The number of benzene rings is 1. The van der Waals surface area contributed by atoms with E-state index in [4.69, 9.17) is 11.6 Å². The second kappa shape index (κ2) is 8.87. The summed E-state index contributed by atoms with van der Waals surface area (Å²) in [4.78, 5) is 14.4. The number of halogens is 3. The highest BCUT2D eigenvalue weighted by atomic mass is 35.5. The Kier molecular flexibility index (Phi) is 5.92. The minimum Gasteiger partial charge on any atom is -0.366 e. The van der Waals surface area contributed by atoms with Crippen LogP contribution in [-0.4, -0.2) is 52.4 Å². The second-order valence-electron chi connectivity index (χ2n) is 8.67. The molecule has 2 aliphatic heterocycles. The van der Waals surface area contributed by atoms with E-state index in [9.17, 15) is 13.6 Å². The molecule has 33 heavy (non-hydrogen) atoms. The molecule has 174 valence electrons. The van der Waals surface area contributed by atoms with E-state index in [1.807, 2.05) is 16.4 Å². The summed E-state index contributed by atoms with van der Waals surface area (Å²) in [6.45, 7) is 4.13. The fraction of sp³-hybridized carbons (Fsp3) is 0.435. The zero-order valence-corrected chi connectivity index (χ0v) is 19.0. The van der Waals surface area contributed by atoms with Gasteiger partial charge in [-0.25, -0.2) is 8.78 Å². The largest absolute Gasteiger partial charge is 0.366 e. The summed E-state index contributed by atoms with van der Waals surface area (Å²) >= 11 is 6.23. The number of rotatable bonds is 6. The summed E-state index contributed by atoms with van der Waals surface area (Å²) in [6.07, 6.45) is 4.03. The smallest absolute Gasteiger partial charge is 0.271 e. The van der Waals surface area contributed by atoms with Crippen molar-refractivity contribution in [2.75, 3.05) is 24.5 Å². The predicted molar refractivity (Wildman–Crippen MR) is 123 cm³/mol. The lowest BCUT2D eigenvalue weighted by Gasteiger charge is -2.34. The van der Waals surface area contributed by atoms with Crippen LogP contribution in [0.15, 0.2) is 24.4 Å². The van der Waals surface area contributed by atoms with Crippen LogP contribution < -0.4 is 15.5 Å². The summed E-state index contributed by atoms with van der Waals surface area (Å²) in [7, 11) is 0. The lowest BCUT2D eigenvalue weighted by Crippen LogP contribution is -2.51. The van der Waals surface area contributed by atoms with Gasteiger partial charge in [0, 0.05) is 55.9 Å². The topological polar surface area (TPSA) is 75.1 Å². The molecule has 0 spiro atoms. The van der Waals surface area contributed by atoms with Gasteiger partial charge in [-0.3, -0.25) is 4.79 Å². The Morgan fingerprint density at radius 2 is 1.94 bits per heavy atom. The molecule has 2 fully saturated rings. The number of anilines is 1. The van der Waals surface area contributed by atoms with E-state index < -0.39 is 17.5 Å². The number of hydrogen-bond acceptors (Lipinski definition) is 5. The molecule has 1 amide bonds. The molecule has 2 aromatic heterocycles. The number of amides is 1. The molecular formula is C23H25ClF2N6O. The predicted octanol–water partition coefficient (Wildman–Crippen LogP) is 3.30. The van der Waals surface area contributed by atoms with E-state index >= 15 is 0 Å². The molecule has 2 bridgehead atoms. The van der Waals surface area contributed by atoms with Crippen LogP contribution in [0.1, 0.15) is 35.8 Å². The molecule has 0 saturated carbocycles. The molecule has 2 saturated heterocycles. The van der Waals surface area contributed by atoms with Crippen LogP contribution in [0.5, 0.6) is 0 Å². The van der Waals surface area contributed by atoms with E-state index in [1.54, 1.807) is 12.3 Å². The van der Waals surface area contributed by atoms with Gasteiger partial charge in [0.05, 0.1) is 10.7 Å². The highest BCUT2D eigenvalue weighted by Gasteiger charge is 2.33. The Morgan fingerprint density at radius 1 is 1.18 bits per heavy atom. The number of fused-ring (bicyclic) bond motifs is 3. The second-order valence-corrected chi connectivity index (χ2v) is 9.08. The monoisotopic (exact) mass is 474 g/mol. The van der Waals surface area contributed by atoms with Crippen molar-refractivity contribution < 1.29 is 13.6 Å². The van der Waals surface area contributed by atoms with Crippen molar-refractivity contribution in [1.82, 2.24) is 25.4 Å². The van der Waals surface area contributed by atoms with Crippen LogP contribution in [0.2, 0.25) is 5.02 Å². The summed E-state index contributed by atoms with van der Waals surface area (Å²) in [6, 6.07) is 4.76. The molecule has 0 aliphatic carbocycles. The first-order valence-corrected chi connectivity index (χ1v) is 11.6. The van der Waals surface area contributed by atoms with Gasteiger partial charge in [0.15, 0.2) is 11.3 Å². The zero-order valence-electron chi connectivity index (χ0n) is 18.2. The van der Waals surface area contributed by atoms with Crippen molar-refractivity contribution in [3.05, 3.63) is 52.3 Å². The standard InChI is InChI=1S/C23H25ClF2N6O/c1-2-31-12-17(24)16-8-20(29-30-22(16)31)23(33)27-6-5-13-7-19(26)21(9-18(13)25)32-10-14-3-4-15(11-32)28-14/h7-9,12,14-15,28H,2-6,10-11H2,1H3,(H,27,33). The molecule has 0 radical (unpaired) electrons. The number of hydrogen-bond donors (Lipinski definition) is 2. The normalized spacial score (nSPS) is 19.9. The van der Waals surface area contributed by atoms with Crippen LogP contribution in [0.4, 0.5) is 14.5 Å². The SMILES string of the molecule is CCn1cc(Cl)c2cc(C(=O)NCCc3cc(F)c(N4CC5CCC(C4)N5)cc3F)nnc21. The third kappa shape index (κ3) is 4.27. The third-order valence-corrected chi connectivity index (χ3v) is 6.80. The van der Waals surface area contributed by atoms with E-state index in [0.29, 0.717) is 53.5 Å². The van der Waals surface area contributed by atoms with Crippen molar-refractivity contribution >= 4 is 34.2 Å². The van der Waals surface area contributed by atoms with Crippen LogP contribution in [0.3, 0.4) is 0 Å². The first kappa shape index (κ1) is 22.0. The summed E-state index contributed by atoms with van der Waals surface area (Å²) in [5, 5.41) is 15.4. The average molecular weight is 475 g/mol. The van der Waals surface area contributed by atoms with Gasteiger partial charge in [-0.1, -0.05) is 11.6 Å². The van der Waals surface area contributed by atoms with Crippen molar-refractivity contribution in [3.8, 4) is 0 Å². The molecule has 2 unspecified atom stereocenters. The number of nitrogens with one attached hydrogen (secondary N) is 2. The fourth-order valence-corrected chi connectivity index (χ4v) is 5.06. The maximum atomic E-state index is 14.8. The first-order chi connectivity index (χ1) is 15.9. The Hall–Kier alpha value is -2.78. The molecule has 2 N–H and O–H groups in total.